The number of piperazine rings is 1. The maximum atomic E-state index is 14.3. The molecule has 0 bridgehead atoms. The molecule has 1 aliphatic rings. The number of hydrogen-bond acceptors (Lipinski definition) is 6. The molecule has 34 heavy (non-hydrogen) atoms. The molecule has 178 valence electrons. The molecule has 1 fully saturated rings. The quantitative estimate of drug-likeness (QED) is 0.527. The van der Waals surface area contributed by atoms with Crippen LogP contribution in [-0.4, -0.2) is 56.1 Å². The molecule has 1 saturated heterocycles. The zero-order valence-electron chi connectivity index (χ0n) is 19.1. The van der Waals surface area contributed by atoms with Crippen molar-refractivity contribution in [1.29, 1.82) is 0 Å². The lowest BCUT2D eigenvalue weighted by Crippen LogP contribution is -2.44. The van der Waals surface area contributed by atoms with Gasteiger partial charge in [-0.15, -0.1) is 0 Å². The number of methoxy groups -OCH3 is 1. The highest BCUT2D eigenvalue weighted by atomic mass is 35.5. The number of aromatic nitrogens is 1. The molecule has 1 aromatic heterocycles. The first-order valence-corrected chi connectivity index (χ1v) is 11.3. The summed E-state index contributed by atoms with van der Waals surface area (Å²) in [6.45, 7) is 3.86. The van der Waals surface area contributed by atoms with Gasteiger partial charge in [0.05, 0.1) is 18.5 Å². The highest BCUT2D eigenvalue weighted by Crippen LogP contribution is 2.34. The van der Waals surface area contributed by atoms with Crippen LogP contribution in [0.1, 0.15) is 21.6 Å². The Bertz CT molecular complexity index is 1180. The van der Waals surface area contributed by atoms with E-state index in [9.17, 15) is 9.18 Å². The minimum Gasteiger partial charge on any atom is -0.494 e. The van der Waals surface area contributed by atoms with Crippen LogP contribution in [0.4, 0.5) is 21.5 Å². The number of amides is 1. The number of rotatable bonds is 7. The summed E-state index contributed by atoms with van der Waals surface area (Å²) in [7, 11) is 3.71. The number of anilines is 3. The van der Waals surface area contributed by atoms with Crippen LogP contribution in [0.15, 0.2) is 48.7 Å². The number of carbonyl (C=O) groups excluding carboxylic acids is 1. The van der Waals surface area contributed by atoms with Crippen molar-refractivity contribution in [3.63, 3.8) is 0 Å². The van der Waals surface area contributed by atoms with Crippen molar-refractivity contribution < 1.29 is 13.9 Å². The number of benzene rings is 2. The fraction of sp³-hybridized carbons (Fsp3) is 0.280. The second-order valence-corrected chi connectivity index (χ2v) is 8.69. The molecule has 0 saturated carbocycles. The number of carbonyl (C=O) groups is 1. The Morgan fingerprint density at radius 2 is 1.94 bits per heavy atom. The Balaban J connectivity index is 1.63. The molecular weight excluding hydrogens is 457 g/mol. The summed E-state index contributed by atoms with van der Waals surface area (Å²) < 4.78 is 19.9. The van der Waals surface area contributed by atoms with Crippen LogP contribution in [0, 0.1) is 5.82 Å². The lowest BCUT2D eigenvalue weighted by Gasteiger charge is -2.34. The van der Waals surface area contributed by atoms with Crippen LogP contribution < -0.4 is 20.7 Å². The topological polar surface area (TPSA) is 83.7 Å². The number of nitrogens with one attached hydrogen (secondary N) is 1. The Hall–Kier alpha value is -3.36. The SMILES string of the molecule is COc1cc(N2CCN(C)CC2)ccc1Nc1cc(Cc2c(F)cccc2Cl)cnc1C(N)=O. The largest absolute Gasteiger partial charge is 0.494 e. The normalized spacial score (nSPS) is 14.2. The van der Waals surface area contributed by atoms with E-state index in [2.05, 4.69) is 27.1 Å². The van der Waals surface area contributed by atoms with Gasteiger partial charge < -0.3 is 25.6 Å². The van der Waals surface area contributed by atoms with E-state index in [0.717, 1.165) is 31.9 Å². The van der Waals surface area contributed by atoms with Gasteiger partial charge in [0.2, 0.25) is 0 Å². The summed E-state index contributed by atoms with van der Waals surface area (Å²) in [6, 6.07) is 12.2. The molecule has 0 spiro atoms. The molecule has 3 N–H and O–H groups in total. The minimum atomic E-state index is -0.675. The van der Waals surface area contributed by atoms with E-state index in [1.165, 1.54) is 12.3 Å². The first-order chi connectivity index (χ1) is 16.4. The lowest BCUT2D eigenvalue weighted by molar-refractivity contribution is 0.0996. The number of hydrogen-bond donors (Lipinski definition) is 2. The Labute approximate surface area is 203 Å². The van der Waals surface area contributed by atoms with Gasteiger partial charge in [-0.2, -0.15) is 0 Å². The van der Waals surface area contributed by atoms with Crippen molar-refractivity contribution in [1.82, 2.24) is 9.88 Å². The number of likely N-dealkylation sites (N-methyl/N-ethyl adjacent to an activating group) is 1. The number of ether oxygens (including phenoxy) is 1. The Kier molecular flexibility index (Phi) is 7.19. The Morgan fingerprint density at radius 3 is 2.62 bits per heavy atom. The maximum absolute atomic E-state index is 14.3. The van der Waals surface area contributed by atoms with Crippen LogP contribution in [0.3, 0.4) is 0 Å². The van der Waals surface area contributed by atoms with Gasteiger partial charge in [-0.25, -0.2) is 9.37 Å². The molecule has 0 unspecified atom stereocenters. The fourth-order valence-corrected chi connectivity index (χ4v) is 4.22. The van der Waals surface area contributed by atoms with Gasteiger partial charge >= 0.3 is 0 Å². The van der Waals surface area contributed by atoms with Gasteiger partial charge in [-0.05, 0) is 42.9 Å². The number of nitrogens with zero attached hydrogens (tertiary/aromatic N) is 3. The summed E-state index contributed by atoms with van der Waals surface area (Å²) in [5.74, 6) is -0.456. The molecular formula is C25H27ClFN5O2. The van der Waals surface area contributed by atoms with Crippen LogP contribution in [-0.2, 0) is 6.42 Å². The van der Waals surface area contributed by atoms with E-state index in [1.807, 2.05) is 18.2 Å². The predicted octanol–water partition coefficient (Wildman–Crippen LogP) is 4.07. The maximum Gasteiger partial charge on any atom is 0.269 e. The molecule has 0 atom stereocenters. The third-order valence-corrected chi connectivity index (χ3v) is 6.30. The van der Waals surface area contributed by atoms with Gasteiger partial charge in [0.15, 0.2) is 5.69 Å². The molecule has 1 amide bonds. The average Bonchev–Trinajstić information content (AvgIpc) is 2.82. The monoisotopic (exact) mass is 483 g/mol. The third-order valence-electron chi connectivity index (χ3n) is 5.94. The van der Waals surface area contributed by atoms with Crippen molar-refractivity contribution in [3.05, 3.63) is 76.3 Å². The second kappa shape index (κ2) is 10.3. The fourth-order valence-electron chi connectivity index (χ4n) is 3.99. The Morgan fingerprint density at radius 1 is 1.18 bits per heavy atom. The highest BCUT2D eigenvalue weighted by molar-refractivity contribution is 6.31. The van der Waals surface area contributed by atoms with Crippen molar-refractivity contribution >= 4 is 34.6 Å². The summed E-state index contributed by atoms with van der Waals surface area (Å²) in [6.07, 6.45) is 1.72. The molecule has 7 nitrogen and oxygen atoms in total. The van der Waals surface area contributed by atoms with Crippen LogP contribution in [0.2, 0.25) is 5.02 Å². The number of halogens is 2. The summed E-state index contributed by atoms with van der Waals surface area (Å²) in [5, 5.41) is 3.55. The molecule has 3 aromatic rings. The molecule has 0 aliphatic carbocycles. The van der Waals surface area contributed by atoms with Crippen LogP contribution in [0.25, 0.3) is 0 Å². The van der Waals surface area contributed by atoms with E-state index in [0.29, 0.717) is 33.3 Å². The van der Waals surface area contributed by atoms with E-state index >= 15 is 0 Å². The highest BCUT2D eigenvalue weighted by Gasteiger charge is 2.18. The van der Waals surface area contributed by atoms with E-state index < -0.39 is 11.7 Å². The zero-order chi connectivity index (χ0) is 24.2. The zero-order valence-corrected chi connectivity index (χ0v) is 19.9. The van der Waals surface area contributed by atoms with Crippen molar-refractivity contribution in [2.24, 2.45) is 5.73 Å². The van der Waals surface area contributed by atoms with E-state index in [4.69, 9.17) is 22.1 Å². The van der Waals surface area contributed by atoms with Crippen LogP contribution in [0.5, 0.6) is 5.75 Å². The lowest BCUT2D eigenvalue weighted by atomic mass is 10.0. The van der Waals surface area contributed by atoms with Gasteiger partial charge in [0.25, 0.3) is 5.91 Å². The minimum absolute atomic E-state index is 0.0774. The average molecular weight is 484 g/mol. The van der Waals surface area contributed by atoms with Crippen molar-refractivity contribution in [2.75, 3.05) is 50.6 Å². The van der Waals surface area contributed by atoms with E-state index in [1.54, 1.807) is 25.3 Å². The first-order valence-electron chi connectivity index (χ1n) is 11.0. The number of primary amides is 1. The van der Waals surface area contributed by atoms with Crippen molar-refractivity contribution in [2.45, 2.75) is 6.42 Å². The summed E-state index contributed by atoms with van der Waals surface area (Å²) in [5.41, 5.74) is 8.79. The van der Waals surface area contributed by atoms with Gasteiger partial charge in [0.1, 0.15) is 11.6 Å². The molecule has 2 heterocycles. The van der Waals surface area contributed by atoms with Gasteiger partial charge in [-0.3, -0.25) is 4.79 Å². The molecule has 1 aliphatic heterocycles. The summed E-state index contributed by atoms with van der Waals surface area (Å²) in [4.78, 5) is 20.9. The smallest absolute Gasteiger partial charge is 0.269 e. The first kappa shape index (κ1) is 23.8. The molecule has 9 heteroatoms. The summed E-state index contributed by atoms with van der Waals surface area (Å²) >= 11 is 6.18. The molecule has 4 rings (SSSR count). The second-order valence-electron chi connectivity index (χ2n) is 8.28. The van der Waals surface area contributed by atoms with Gasteiger partial charge in [-0.1, -0.05) is 17.7 Å². The molecule has 2 aromatic carbocycles. The van der Waals surface area contributed by atoms with Gasteiger partial charge in [0, 0.05) is 61.1 Å². The predicted molar refractivity (Wildman–Crippen MR) is 133 cm³/mol. The standard InChI is InChI=1S/C25H27ClFN5O2/c1-31-8-10-32(11-9-31)17-6-7-21(23(14-17)34-2)30-22-13-16(15-29-24(22)25(28)33)12-18-19(26)4-3-5-20(18)27/h3-7,13-15,30H,8-12H2,1-2H3,(H2,28,33). The number of pyridine rings is 1. The third kappa shape index (κ3) is 5.24. The van der Waals surface area contributed by atoms with E-state index in [-0.39, 0.29) is 12.1 Å². The van der Waals surface area contributed by atoms with Crippen LogP contribution >= 0.6 is 11.6 Å². The van der Waals surface area contributed by atoms with Crippen molar-refractivity contribution in [3.8, 4) is 5.75 Å². The molecule has 0 radical (unpaired) electrons. The number of nitrogens with two attached hydrogens (primary N) is 1.